The third-order valence-electron chi connectivity index (χ3n) is 6.85. The van der Waals surface area contributed by atoms with E-state index in [0.717, 1.165) is 35.2 Å². The number of carbonyl (C=O) groups excluding carboxylic acids is 3. The first kappa shape index (κ1) is 29.0. The first-order chi connectivity index (χ1) is 20.1. The van der Waals surface area contributed by atoms with Crippen LogP contribution in [0.1, 0.15) is 50.0 Å². The number of anilines is 1. The van der Waals surface area contributed by atoms with Crippen LogP contribution in [-0.2, 0) is 9.53 Å². The van der Waals surface area contributed by atoms with Crippen molar-refractivity contribution in [3.8, 4) is 22.4 Å². The number of hydrogen-bond acceptors (Lipinski definition) is 7. The van der Waals surface area contributed by atoms with Gasteiger partial charge in [-0.3, -0.25) is 14.6 Å². The Morgan fingerprint density at radius 3 is 2.50 bits per heavy atom. The number of benzene rings is 1. The standard InChI is InChI=1S/C31H34N6O4S/c1-31(2,3)41-30(40)36-15-10-25(11-16-36)37-14-9-24(19-37)28(39)33-18-27(38)35-29-34-26(20-42-29)23-6-4-5-22(17-23)21-7-12-32-13-8-21/h4-9,12-14,17,19-20,25H,10-11,15-16,18H2,1-3H3,(H,33,39)(H,34,35,38). The van der Waals surface area contributed by atoms with Crippen LogP contribution in [0.15, 0.2) is 72.6 Å². The van der Waals surface area contributed by atoms with Crippen LogP contribution in [0, 0.1) is 0 Å². The third kappa shape index (κ3) is 7.41. The first-order valence-corrected chi connectivity index (χ1v) is 14.7. The number of piperidine rings is 1. The van der Waals surface area contributed by atoms with Gasteiger partial charge in [-0.25, -0.2) is 9.78 Å². The van der Waals surface area contributed by atoms with Gasteiger partial charge in [0.2, 0.25) is 5.91 Å². The molecule has 218 valence electrons. The number of carbonyl (C=O) groups is 3. The lowest BCUT2D eigenvalue weighted by Crippen LogP contribution is -2.42. The summed E-state index contributed by atoms with van der Waals surface area (Å²) in [5, 5.41) is 7.80. The number of hydrogen-bond donors (Lipinski definition) is 2. The van der Waals surface area contributed by atoms with Crippen molar-refractivity contribution in [2.45, 2.75) is 45.3 Å². The smallest absolute Gasteiger partial charge is 0.410 e. The summed E-state index contributed by atoms with van der Waals surface area (Å²) in [5.74, 6) is -0.688. The van der Waals surface area contributed by atoms with E-state index in [9.17, 15) is 14.4 Å². The van der Waals surface area contributed by atoms with Gasteiger partial charge in [-0.1, -0.05) is 18.2 Å². The normalized spacial score (nSPS) is 13.9. The number of rotatable bonds is 7. The summed E-state index contributed by atoms with van der Waals surface area (Å²) in [6.45, 7) is 6.57. The van der Waals surface area contributed by atoms with E-state index in [0.29, 0.717) is 23.8 Å². The van der Waals surface area contributed by atoms with Gasteiger partial charge in [-0.15, -0.1) is 11.3 Å². The molecule has 11 heteroatoms. The van der Waals surface area contributed by atoms with Crippen molar-refractivity contribution in [3.63, 3.8) is 0 Å². The fraction of sp³-hybridized carbons (Fsp3) is 0.323. The highest BCUT2D eigenvalue weighted by Gasteiger charge is 2.27. The highest BCUT2D eigenvalue weighted by atomic mass is 32.1. The lowest BCUT2D eigenvalue weighted by Gasteiger charge is -2.34. The molecule has 10 nitrogen and oxygen atoms in total. The third-order valence-corrected chi connectivity index (χ3v) is 7.60. The summed E-state index contributed by atoms with van der Waals surface area (Å²) in [6, 6.07) is 13.8. The number of aromatic nitrogens is 3. The maximum Gasteiger partial charge on any atom is 0.410 e. The molecule has 0 unspecified atom stereocenters. The average Bonchev–Trinajstić information content (AvgIpc) is 3.66. The van der Waals surface area contributed by atoms with Gasteiger partial charge in [0.25, 0.3) is 5.91 Å². The molecule has 0 spiro atoms. The maximum absolute atomic E-state index is 12.7. The molecule has 0 aliphatic carbocycles. The maximum atomic E-state index is 12.7. The SMILES string of the molecule is CC(C)(C)OC(=O)N1CCC(n2ccc(C(=O)NCC(=O)Nc3nc(-c4cccc(-c5ccncc5)c4)cs3)c2)CC1. The minimum absolute atomic E-state index is 0.176. The molecular weight excluding hydrogens is 552 g/mol. The van der Waals surface area contributed by atoms with Crippen LogP contribution in [0.4, 0.5) is 9.93 Å². The second-order valence-electron chi connectivity index (χ2n) is 11.1. The largest absolute Gasteiger partial charge is 0.444 e. The number of pyridine rings is 1. The van der Waals surface area contributed by atoms with Crippen molar-refractivity contribution in [1.29, 1.82) is 0 Å². The number of nitrogens with one attached hydrogen (secondary N) is 2. The fourth-order valence-electron chi connectivity index (χ4n) is 4.74. The Hall–Kier alpha value is -4.51. The highest BCUT2D eigenvalue weighted by Crippen LogP contribution is 2.29. The molecule has 4 heterocycles. The van der Waals surface area contributed by atoms with Crippen molar-refractivity contribution < 1.29 is 19.1 Å². The minimum atomic E-state index is -0.523. The summed E-state index contributed by atoms with van der Waals surface area (Å²) in [5.41, 5.74) is 3.76. The van der Waals surface area contributed by atoms with Gasteiger partial charge in [0, 0.05) is 54.9 Å². The van der Waals surface area contributed by atoms with E-state index >= 15 is 0 Å². The van der Waals surface area contributed by atoms with Crippen LogP contribution in [-0.4, -0.2) is 62.6 Å². The predicted octanol–water partition coefficient (Wildman–Crippen LogP) is 5.61. The van der Waals surface area contributed by atoms with Gasteiger partial charge in [-0.2, -0.15) is 0 Å². The molecule has 0 bridgehead atoms. The molecule has 42 heavy (non-hydrogen) atoms. The number of amides is 3. The Labute approximate surface area is 248 Å². The highest BCUT2D eigenvalue weighted by molar-refractivity contribution is 7.14. The summed E-state index contributed by atoms with van der Waals surface area (Å²) < 4.78 is 7.47. The van der Waals surface area contributed by atoms with Gasteiger partial charge in [0.05, 0.1) is 17.8 Å². The Balaban J connectivity index is 1.10. The van der Waals surface area contributed by atoms with Gasteiger partial charge in [0.15, 0.2) is 5.13 Å². The molecule has 0 saturated carbocycles. The molecule has 5 rings (SSSR count). The second-order valence-corrected chi connectivity index (χ2v) is 12.0. The molecule has 2 N–H and O–H groups in total. The van der Waals surface area contributed by atoms with Crippen molar-refractivity contribution in [2.75, 3.05) is 25.0 Å². The van der Waals surface area contributed by atoms with Crippen LogP contribution >= 0.6 is 11.3 Å². The van der Waals surface area contributed by atoms with Crippen LogP contribution in [0.3, 0.4) is 0 Å². The van der Waals surface area contributed by atoms with Crippen LogP contribution in [0.25, 0.3) is 22.4 Å². The molecule has 1 aliphatic rings. The average molecular weight is 587 g/mol. The fourth-order valence-corrected chi connectivity index (χ4v) is 5.48. The Kier molecular flexibility index (Phi) is 8.67. The topological polar surface area (TPSA) is 118 Å². The Morgan fingerprint density at radius 1 is 1.02 bits per heavy atom. The van der Waals surface area contributed by atoms with E-state index in [1.165, 1.54) is 11.3 Å². The monoisotopic (exact) mass is 586 g/mol. The zero-order chi connectivity index (χ0) is 29.7. The van der Waals surface area contributed by atoms with E-state index in [4.69, 9.17) is 4.74 Å². The molecular formula is C31H34N6O4S. The molecule has 1 aliphatic heterocycles. The summed E-state index contributed by atoms with van der Waals surface area (Å²) >= 11 is 1.33. The van der Waals surface area contributed by atoms with Crippen molar-refractivity contribution in [1.82, 2.24) is 24.8 Å². The minimum Gasteiger partial charge on any atom is -0.444 e. The summed E-state index contributed by atoms with van der Waals surface area (Å²) in [6.07, 6.45) is 8.40. The number of nitrogens with zero attached hydrogens (tertiary/aromatic N) is 4. The Bertz CT molecular complexity index is 1550. The number of likely N-dealkylation sites (tertiary alicyclic amines) is 1. The summed E-state index contributed by atoms with van der Waals surface area (Å²) in [7, 11) is 0. The van der Waals surface area contributed by atoms with Gasteiger partial charge < -0.3 is 24.8 Å². The number of thiazole rings is 1. The van der Waals surface area contributed by atoms with Gasteiger partial charge in [0.1, 0.15) is 5.60 Å². The molecule has 1 saturated heterocycles. The lowest BCUT2D eigenvalue weighted by atomic mass is 10.0. The van der Waals surface area contributed by atoms with Crippen LogP contribution in [0.5, 0.6) is 0 Å². The van der Waals surface area contributed by atoms with Crippen LogP contribution < -0.4 is 10.6 Å². The predicted molar refractivity (Wildman–Crippen MR) is 162 cm³/mol. The van der Waals surface area contributed by atoms with Crippen molar-refractivity contribution in [2.24, 2.45) is 0 Å². The summed E-state index contributed by atoms with van der Waals surface area (Å²) in [4.78, 5) is 47.9. The van der Waals surface area contributed by atoms with E-state index in [2.05, 4.69) is 20.6 Å². The van der Waals surface area contributed by atoms with Crippen molar-refractivity contribution in [3.05, 3.63) is 78.2 Å². The van der Waals surface area contributed by atoms with Gasteiger partial charge >= 0.3 is 6.09 Å². The van der Waals surface area contributed by atoms with E-state index in [1.807, 2.05) is 73.3 Å². The Morgan fingerprint density at radius 2 is 1.76 bits per heavy atom. The van der Waals surface area contributed by atoms with Crippen LogP contribution in [0.2, 0.25) is 0 Å². The molecule has 3 amide bonds. The zero-order valence-corrected chi connectivity index (χ0v) is 24.7. The first-order valence-electron chi connectivity index (χ1n) is 13.8. The van der Waals surface area contributed by atoms with Gasteiger partial charge in [-0.05, 0) is 69.0 Å². The lowest BCUT2D eigenvalue weighted by molar-refractivity contribution is -0.115. The second kappa shape index (κ2) is 12.6. The van der Waals surface area contributed by atoms with E-state index < -0.39 is 5.60 Å². The molecule has 3 aromatic heterocycles. The molecule has 1 aromatic carbocycles. The van der Waals surface area contributed by atoms with E-state index in [-0.39, 0.29) is 30.5 Å². The molecule has 1 fully saturated rings. The zero-order valence-electron chi connectivity index (χ0n) is 23.9. The quantitative estimate of drug-likeness (QED) is 0.291. The molecule has 0 atom stereocenters. The van der Waals surface area contributed by atoms with Crippen molar-refractivity contribution >= 4 is 34.4 Å². The number of ether oxygens (including phenoxy) is 1. The van der Waals surface area contributed by atoms with E-state index in [1.54, 1.807) is 29.6 Å². The molecule has 0 radical (unpaired) electrons. The molecule has 4 aromatic rings.